The zero-order valence-electron chi connectivity index (χ0n) is 9.66. The fourth-order valence-corrected chi connectivity index (χ4v) is 2.67. The molecular formula is C15H14BrF. The van der Waals surface area contributed by atoms with Crippen molar-refractivity contribution in [2.75, 3.05) is 0 Å². The minimum absolute atomic E-state index is 0.124. The zero-order valence-corrected chi connectivity index (χ0v) is 11.2. The van der Waals surface area contributed by atoms with Crippen LogP contribution in [0.4, 0.5) is 4.39 Å². The molecule has 0 fully saturated rings. The third-order valence-electron chi connectivity index (χ3n) is 2.87. The van der Waals surface area contributed by atoms with Crippen LogP contribution in [0.2, 0.25) is 0 Å². The lowest BCUT2D eigenvalue weighted by Crippen LogP contribution is -1.97. The minimum Gasteiger partial charge on any atom is -0.207 e. The van der Waals surface area contributed by atoms with Crippen LogP contribution in [0.5, 0.6) is 0 Å². The van der Waals surface area contributed by atoms with E-state index in [0.717, 1.165) is 12.0 Å². The van der Waals surface area contributed by atoms with Crippen LogP contribution in [0.1, 0.15) is 28.4 Å². The number of hydrogen-bond acceptors (Lipinski definition) is 0. The first kappa shape index (κ1) is 12.3. The Morgan fingerprint density at radius 1 is 1.06 bits per heavy atom. The van der Waals surface area contributed by atoms with Crippen LogP contribution in [0.25, 0.3) is 0 Å². The van der Waals surface area contributed by atoms with Crippen molar-refractivity contribution >= 4 is 15.9 Å². The normalized spacial score (nSPS) is 12.4. The topological polar surface area (TPSA) is 0 Å². The van der Waals surface area contributed by atoms with Crippen molar-refractivity contribution < 1.29 is 4.39 Å². The van der Waals surface area contributed by atoms with Gasteiger partial charge in [0.05, 0.1) is 4.83 Å². The van der Waals surface area contributed by atoms with E-state index in [2.05, 4.69) is 35.0 Å². The molecule has 0 bridgehead atoms. The smallest absolute Gasteiger partial charge is 0.123 e. The minimum atomic E-state index is -0.197. The molecule has 0 aliphatic heterocycles. The first-order valence-corrected chi connectivity index (χ1v) is 6.61. The van der Waals surface area contributed by atoms with Gasteiger partial charge in [0.15, 0.2) is 0 Å². The van der Waals surface area contributed by atoms with Crippen molar-refractivity contribution in [1.82, 2.24) is 0 Å². The van der Waals surface area contributed by atoms with Crippen LogP contribution >= 0.6 is 15.9 Å². The zero-order chi connectivity index (χ0) is 12.3. The van der Waals surface area contributed by atoms with Crippen molar-refractivity contribution in [3.63, 3.8) is 0 Å². The van der Waals surface area contributed by atoms with E-state index >= 15 is 0 Å². The number of aryl methyl sites for hydroxylation is 1. The Labute approximate surface area is 110 Å². The van der Waals surface area contributed by atoms with Crippen LogP contribution in [0.3, 0.4) is 0 Å². The van der Waals surface area contributed by atoms with Crippen molar-refractivity contribution in [1.29, 1.82) is 0 Å². The monoisotopic (exact) mass is 292 g/mol. The summed E-state index contributed by atoms with van der Waals surface area (Å²) >= 11 is 3.69. The molecule has 0 saturated carbocycles. The van der Waals surface area contributed by atoms with Gasteiger partial charge < -0.3 is 0 Å². The van der Waals surface area contributed by atoms with Gasteiger partial charge in [-0.05, 0) is 35.2 Å². The van der Waals surface area contributed by atoms with Gasteiger partial charge in [-0.1, -0.05) is 59.3 Å². The fraction of sp³-hybridized carbons (Fsp3) is 0.200. The highest BCUT2D eigenvalue weighted by molar-refractivity contribution is 9.09. The molecule has 2 aromatic carbocycles. The molecule has 1 atom stereocenters. The summed E-state index contributed by atoms with van der Waals surface area (Å²) in [6.07, 6.45) is 0.999. The molecule has 0 amide bonds. The molecule has 2 rings (SSSR count). The molecule has 0 spiro atoms. The molecule has 0 N–H and O–H groups in total. The van der Waals surface area contributed by atoms with Gasteiger partial charge in [-0.2, -0.15) is 0 Å². The van der Waals surface area contributed by atoms with Crippen molar-refractivity contribution in [3.8, 4) is 0 Å². The quantitative estimate of drug-likeness (QED) is 0.708. The first-order valence-electron chi connectivity index (χ1n) is 5.69. The number of hydrogen-bond donors (Lipinski definition) is 0. The van der Waals surface area contributed by atoms with E-state index in [1.807, 2.05) is 24.3 Å². The third kappa shape index (κ3) is 2.75. The van der Waals surface area contributed by atoms with Gasteiger partial charge in [0, 0.05) is 0 Å². The second-order valence-electron chi connectivity index (χ2n) is 3.97. The van der Waals surface area contributed by atoms with E-state index < -0.39 is 0 Å². The standard InChI is InChI=1S/C15H14BrF/c1-2-11-5-3-4-6-14(11)15(16)12-7-9-13(17)10-8-12/h3-10,15H,2H2,1H3. The van der Waals surface area contributed by atoms with Gasteiger partial charge >= 0.3 is 0 Å². The van der Waals surface area contributed by atoms with Gasteiger partial charge in [0.1, 0.15) is 5.82 Å². The highest BCUT2D eigenvalue weighted by Gasteiger charge is 2.12. The second kappa shape index (κ2) is 5.46. The van der Waals surface area contributed by atoms with E-state index in [-0.39, 0.29) is 10.6 Å². The molecule has 0 aromatic heterocycles. The Kier molecular flexibility index (Phi) is 3.95. The SMILES string of the molecule is CCc1ccccc1C(Br)c1ccc(F)cc1. The molecule has 88 valence electrons. The van der Waals surface area contributed by atoms with Gasteiger partial charge in [-0.3, -0.25) is 0 Å². The fourth-order valence-electron chi connectivity index (χ4n) is 1.91. The Morgan fingerprint density at radius 2 is 1.71 bits per heavy atom. The summed E-state index contributed by atoms with van der Waals surface area (Å²) in [5.41, 5.74) is 3.65. The lowest BCUT2D eigenvalue weighted by Gasteiger charge is -2.14. The van der Waals surface area contributed by atoms with E-state index in [4.69, 9.17) is 0 Å². The predicted octanol–water partition coefficient (Wildman–Crippen LogP) is 4.87. The number of rotatable bonds is 3. The molecule has 0 radical (unpaired) electrons. The van der Waals surface area contributed by atoms with Gasteiger partial charge in [-0.25, -0.2) is 4.39 Å². The molecule has 1 unspecified atom stereocenters. The second-order valence-corrected chi connectivity index (χ2v) is 4.88. The summed E-state index contributed by atoms with van der Waals surface area (Å²) in [5, 5.41) is 0. The Hall–Kier alpha value is -1.15. The Balaban J connectivity index is 2.36. The highest BCUT2D eigenvalue weighted by Crippen LogP contribution is 2.33. The summed E-state index contributed by atoms with van der Waals surface area (Å²) < 4.78 is 12.9. The first-order chi connectivity index (χ1) is 8.22. The van der Waals surface area contributed by atoms with Crippen molar-refractivity contribution in [3.05, 3.63) is 71.0 Å². The lowest BCUT2D eigenvalue weighted by molar-refractivity contribution is 0.627. The van der Waals surface area contributed by atoms with Gasteiger partial charge in [0.25, 0.3) is 0 Å². The maximum atomic E-state index is 12.9. The number of halogens is 2. The number of benzene rings is 2. The van der Waals surface area contributed by atoms with Gasteiger partial charge in [-0.15, -0.1) is 0 Å². The maximum absolute atomic E-state index is 12.9. The lowest BCUT2D eigenvalue weighted by atomic mass is 9.98. The third-order valence-corrected chi connectivity index (χ3v) is 3.89. The highest BCUT2D eigenvalue weighted by atomic mass is 79.9. The summed E-state index contributed by atoms with van der Waals surface area (Å²) in [4.78, 5) is 0.124. The average Bonchev–Trinajstić information content (AvgIpc) is 2.39. The van der Waals surface area contributed by atoms with E-state index in [9.17, 15) is 4.39 Å². The largest absolute Gasteiger partial charge is 0.207 e. The molecule has 0 saturated heterocycles. The van der Waals surface area contributed by atoms with Crippen molar-refractivity contribution in [2.45, 2.75) is 18.2 Å². The average molecular weight is 293 g/mol. The molecule has 17 heavy (non-hydrogen) atoms. The van der Waals surface area contributed by atoms with Crippen LogP contribution < -0.4 is 0 Å². The summed E-state index contributed by atoms with van der Waals surface area (Å²) in [6.45, 7) is 2.14. The van der Waals surface area contributed by atoms with Crippen LogP contribution in [-0.2, 0) is 6.42 Å². The van der Waals surface area contributed by atoms with E-state index in [1.54, 1.807) is 0 Å². The predicted molar refractivity (Wildman–Crippen MR) is 73.0 cm³/mol. The van der Waals surface area contributed by atoms with Crippen LogP contribution in [-0.4, -0.2) is 0 Å². The molecular weight excluding hydrogens is 279 g/mol. The summed E-state index contributed by atoms with van der Waals surface area (Å²) in [5.74, 6) is -0.197. The summed E-state index contributed by atoms with van der Waals surface area (Å²) in [6, 6.07) is 15.0. The Bertz CT molecular complexity index is 491. The van der Waals surface area contributed by atoms with Crippen LogP contribution in [0.15, 0.2) is 48.5 Å². The van der Waals surface area contributed by atoms with Crippen LogP contribution in [0, 0.1) is 5.82 Å². The molecule has 0 heterocycles. The molecule has 0 aliphatic rings. The summed E-state index contributed by atoms with van der Waals surface area (Å²) in [7, 11) is 0. The maximum Gasteiger partial charge on any atom is 0.123 e. The van der Waals surface area contributed by atoms with Gasteiger partial charge in [0.2, 0.25) is 0 Å². The molecule has 2 heteroatoms. The van der Waals surface area contributed by atoms with E-state index in [1.165, 1.54) is 23.3 Å². The molecule has 0 aliphatic carbocycles. The van der Waals surface area contributed by atoms with E-state index in [0.29, 0.717) is 0 Å². The number of alkyl halides is 1. The molecule has 2 aromatic rings. The van der Waals surface area contributed by atoms with Crippen molar-refractivity contribution in [2.24, 2.45) is 0 Å². The molecule has 0 nitrogen and oxygen atoms in total. The Morgan fingerprint density at radius 3 is 2.35 bits per heavy atom.